The van der Waals surface area contributed by atoms with E-state index < -0.39 is 0 Å². The monoisotopic (exact) mass is 264 g/mol. The molecule has 2 saturated carbocycles. The summed E-state index contributed by atoms with van der Waals surface area (Å²) in [7, 11) is 0. The maximum atomic E-state index is 12.4. The minimum Gasteiger partial charge on any atom is -0.349 e. The number of amides is 1. The van der Waals surface area contributed by atoms with E-state index in [0.717, 1.165) is 6.42 Å². The Morgan fingerprint density at radius 2 is 2.28 bits per heavy atom. The first-order chi connectivity index (χ1) is 8.66. The van der Waals surface area contributed by atoms with Crippen LogP contribution in [0.15, 0.2) is 16.8 Å². The fourth-order valence-corrected chi connectivity index (χ4v) is 4.39. The van der Waals surface area contributed by atoms with Crippen molar-refractivity contribution in [1.29, 1.82) is 0 Å². The highest BCUT2D eigenvalue weighted by molar-refractivity contribution is 7.07. The molecule has 5 unspecified atom stereocenters. The Labute approximate surface area is 112 Å². The van der Waals surface area contributed by atoms with E-state index in [1.807, 2.05) is 12.3 Å². The van der Waals surface area contributed by atoms with Crippen molar-refractivity contribution in [1.82, 2.24) is 5.32 Å². The van der Waals surface area contributed by atoms with Gasteiger partial charge >= 0.3 is 0 Å². The van der Waals surface area contributed by atoms with Crippen LogP contribution in [0.3, 0.4) is 0 Å². The van der Waals surface area contributed by atoms with Crippen LogP contribution in [-0.4, -0.2) is 11.9 Å². The maximum Gasteiger partial charge on any atom is 0.225 e. The Morgan fingerprint density at radius 1 is 1.50 bits per heavy atom. The lowest BCUT2D eigenvalue weighted by Gasteiger charge is -2.28. The molecule has 1 aromatic rings. The van der Waals surface area contributed by atoms with E-state index in [2.05, 4.69) is 16.8 Å². The molecule has 4 heteroatoms. The molecule has 98 valence electrons. The first-order valence-electron chi connectivity index (χ1n) is 6.75. The highest BCUT2D eigenvalue weighted by Gasteiger charge is 2.49. The average molecular weight is 264 g/mol. The summed E-state index contributed by atoms with van der Waals surface area (Å²) in [5.41, 5.74) is 7.39. The third-order valence-corrected chi connectivity index (χ3v) is 5.39. The first kappa shape index (κ1) is 12.2. The predicted octanol–water partition coefficient (Wildman–Crippen LogP) is 2.30. The number of hydrogen-bond acceptors (Lipinski definition) is 3. The van der Waals surface area contributed by atoms with Crippen molar-refractivity contribution in [2.75, 3.05) is 0 Å². The molecule has 1 heterocycles. The molecule has 0 saturated heterocycles. The van der Waals surface area contributed by atoms with Gasteiger partial charge in [-0.15, -0.1) is 0 Å². The second-order valence-electron chi connectivity index (χ2n) is 5.72. The van der Waals surface area contributed by atoms with Crippen molar-refractivity contribution in [2.45, 2.75) is 38.3 Å². The Bertz CT molecular complexity index is 429. The van der Waals surface area contributed by atoms with Gasteiger partial charge in [-0.2, -0.15) is 11.3 Å². The summed E-state index contributed by atoms with van der Waals surface area (Å²) in [6, 6.07) is 2.24. The lowest BCUT2D eigenvalue weighted by molar-refractivity contribution is -0.127. The predicted molar refractivity (Wildman–Crippen MR) is 73.2 cm³/mol. The minimum absolute atomic E-state index is 0.0461. The third kappa shape index (κ3) is 1.97. The molecule has 2 aliphatic carbocycles. The van der Waals surface area contributed by atoms with Gasteiger partial charge in [0.15, 0.2) is 0 Å². The van der Waals surface area contributed by atoms with Crippen LogP contribution in [0, 0.1) is 17.8 Å². The quantitative estimate of drug-likeness (QED) is 0.880. The second-order valence-corrected chi connectivity index (χ2v) is 6.50. The fraction of sp³-hybridized carbons (Fsp3) is 0.643. The van der Waals surface area contributed by atoms with Crippen LogP contribution in [0.25, 0.3) is 0 Å². The molecule has 2 fully saturated rings. The standard InChI is InChI=1S/C14H20N2OS/c1-8(11-4-5-18-7-11)16-14(17)12-9-2-3-10(6-9)13(12)15/h4-5,7-10,12-13H,2-3,6,15H2,1H3,(H,16,17). The van der Waals surface area contributed by atoms with E-state index in [0.29, 0.717) is 11.8 Å². The Morgan fingerprint density at radius 3 is 2.89 bits per heavy atom. The van der Waals surface area contributed by atoms with E-state index in [4.69, 9.17) is 5.73 Å². The van der Waals surface area contributed by atoms with Crippen molar-refractivity contribution in [3.63, 3.8) is 0 Å². The summed E-state index contributed by atoms with van der Waals surface area (Å²) in [6.45, 7) is 2.04. The molecule has 2 aliphatic rings. The van der Waals surface area contributed by atoms with E-state index >= 15 is 0 Å². The molecule has 1 aromatic heterocycles. The van der Waals surface area contributed by atoms with E-state index in [1.165, 1.54) is 18.4 Å². The van der Waals surface area contributed by atoms with Crippen molar-refractivity contribution in [3.05, 3.63) is 22.4 Å². The lowest BCUT2D eigenvalue weighted by Crippen LogP contribution is -2.45. The summed E-state index contributed by atoms with van der Waals surface area (Å²) < 4.78 is 0. The van der Waals surface area contributed by atoms with Crippen molar-refractivity contribution < 1.29 is 4.79 Å². The zero-order valence-electron chi connectivity index (χ0n) is 10.6. The first-order valence-corrected chi connectivity index (χ1v) is 7.69. The Kier molecular flexibility index (Phi) is 3.16. The number of nitrogens with one attached hydrogen (secondary N) is 1. The number of nitrogens with two attached hydrogens (primary N) is 1. The molecule has 0 radical (unpaired) electrons. The number of carbonyl (C=O) groups is 1. The highest BCUT2D eigenvalue weighted by Crippen LogP contribution is 2.47. The van der Waals surface area contributed by atoms with Gasteiger partial charge in [-0.1, -0.05) is 0 Å². The summed E-state index contributed by atoms with van der Waals surface area (Å²) in [6.07, 6.45) is 3.56. The molecular formula is C14H20N2OS. The number of thiophene rings is 1. The molecule has 0 aliphatic heterocycles. The molecular weight excluding hydrogens is 244 g/mol. The molecule has 18 heavy (non-hydrogen) atoms. The number of fused-ring (bicyclic) bond motifs is 2. The van der Waals surface area contributed by atoms with Crippen molar-refractivity contribution >= 4 is 17.2 Å². The van der Waals surface area contributed by atoms with Crippen LogP contribution in [0.2, 0.25) is 0 Å². The molecule has 0 aromatic carbocycles. The molecule has 3 N–H and O–H groups in total. The summed E-state index contributed by atoms with van der Waals surface area (Å²) >= 11 is 1.66. The SMILES string of the molecule is CC(NC(=O)C1C2CCC(C2)C1N)c1ccsc1. The molecule has 2 bridgehead atoms. The highest BCUT2D eigenvalue weighted by atomic mass is 32.1. The summed E-state index contributed by atoms with van der Waals surface area (Å²) in [4.78, 5) is 12.4. The van der Waals surface area contributed by atoms with Gasteiger partial charge < -0.3 is 11.1 Å². The van der Waals surface area contributed by atoms with Crippen LogP contribution < -0.4 is 11.1 Å². The number of rotatable bonds is 3. The topological polar surface area (TPSA) is 55.1 Å². The van der Waals surface area contributed by atoms with Crippen LogP contribution in [0.5, 0.6) is 0 Å². The van der Waals surface area contributed by atoms with Gasteiger partial charge in [0.2, 0.25) is 5.91 Å². The molecule has 0 spiro atoms. The molecule has 3 nitrogen and oxygen atoms in total. The third-order valence-electron chi connectivity index (χ3n) is 4.69. The van der Waals surface area contributed by atoms with Crippen molar-refractivity contribution in [3.8, 4) is 0 Å². The molecule has 1 amide bonds. The largest absolute Gasteiger partial charge is 0.349 e. The Balaban J connectivity index is 1.65. The van der Waals surface area contributed by atoms with Crippen LogP contribution in [-0.2, 0) is 4.79 Å². The zero-order valence-corrected chi connectivity index (χ0v) is 11.5. The number of carbonyl (C=O) groups excluding carboxylic acids is 1. The van der Waals surface area contributed by atoms with Crippen LogP contribution in [0.4, 0.5) is 0 Å². The van der Waals surface area contributed by atoms with Gasteiger partial charge in [0, 0.05) is 6.04 Å². The van der Waals surface area contributed by atoms with E-state index in [-0.39, 0.29) is 23.9 Å². The summed E-state index contributed by atoms with van der Waals surface area (Å²) in [5.74, 6) is 1.32. The summed E-state index contributed by atoms with van der Waals surface area (Å²) in [5, 5.41) is 7.26. The lowest BCUT2D eigenvalue weighted by atomic mass is 9.84. The van der Waals surface area contributed by atoms with Crippen LogP contribution >= 0.6 is 11.3 Å². The van der Waals surface area contributed by atoms with E-state index in [9.17, 15) is 4.79 Å². The van der Waals surface area contributed by atoms with Gasteiger partial charge in [-0.3, -0.25) is 4.79 Å². The van der Waals surface area contributed by atoms with Crippen LogP contribution in [0.1, 0.15) is 37.8 Å². The molecule has 3 rings (SSSR count). The van der Waals surface area contributed by atoms with Gasteiger partial charge in [0.25, 0.3) is 0 Å². The maximum absolute atomic E-state index is 12.4. The Hall–Kier alpha value is -0.870. The average Bonchev–Trinajstić information content (AvgIpc) is 3.05. The molecule has 5 atom stereocenters. The second kappa shape index (κ2) is 4.67. The minimum atomic E-state index is 0.0461. The smallest absolute Gasteiger partial charge is 0.225 e. The van der Waals surface area contributed by atoms with Gasteiger partial charge in [0.1, 0.15) is 0 Å². The normalized spacial score (nSPS) is 35.7. The van der Waals surface area contributed by atoms with Gasteiger partial charge in [-0.05, 0) is 60.4 Å². The van der Waals surface area contributed by atoms with Gasteiger partial charge in [-0.25, -0.2) is 0 Å². The fourth-order valence-electron chi connectivity index (χ4n) is 3.64. The van der Waals surface area contributed by atoms with Crippen molar-refractivity contribution in [2.24, 2.45) is 23.5 Å². The van der Waals surface area contributed by atoms with Gasteiger partial charge in [0.05, 0.1) is 12.0 Å². The van der Waals surface area contributed by atoms with E-state index in [1.54, 1.807) is 11.3 Å². The zero-order chi connectivity index (χ0) is 12.7. The number of hydrogen-bond donors (Lipinski definition) is 2.